The van der Waals surface area contributed by atoms with Crippen molar-refractivity contribution in [1.29, 1.82) is 0 Å². The van der Waals surface area contributed by atoms with Gasteiger partial charge in [-0.25, -0.2) is 5.57 Å². The Morgan fingerprint density at radius 3 is 1.96 bits per heavy atom. The molecule has 0 aromatic heterocycles. The molecule has 0 saturated carbocycles. The third kappa shape index (κ3) is 6.66. The molecule has 0 heterocycles. The SMILES string of the molecule is CCC1=[C-]CC=C1C1=CC=CC1.Cl.Cl.[Zr]=[C](c1ccccc1)c1ccccc1. The average molecular weight is 488 g/mol. The Morgan fingerprint density at radius 1 is 0.929 bits per heavy atom. The number of rotatable bonds is 4. The van der Waals surface area contributed by atoms with E-state index in [0.29, 0.717) is 0 Å². The van der Waals surface area contributed by atoms with Crippen LogP contribution in [0.1, 0.15) is 37.3 Å². The van der Waals surface area contributed by atoms with Gasteiger partial charge in [-0.2, -0.15) is 11.6 Å². The van der Waals surface area contributed by atoms with E-state index in [0.717, 1.165) is 19.3 Å². The van der Waals surface area contributed by atoms with Crippen LogP contribution in [0.4, 0.5) is 0 Å². The van der Waals surface area contributed by atoms with Crippen molar-refractivity contribution in [1.82, 2.24) is 0 Å². The van der Waals surface area contributed by atoms with Crippen LogP contribution in [0.5, 0.6) is 0 Å². The predicted molar refractivity (Wildman–Crippen MR) is 122 cm³/mol. The first-order valence-corrected chi connectivity index (χ1v) is 10.4. The molecule has 28 heavy (non-hydrogen) atoms. The summed E-state index contributed by atoms with van der Waals surface area (Å²) in [5.74, 6) is 0. The molecule has 0 saturated heterocycles. The van der Waals surface area contributed by atoms with Crippen LogP contribution in [0.15, 0.2) is 102 Å². The van der Waals surface area contributed by atoms with Crippen LogP contribution >= 0.6 is 24.8 Å². The Kier molecular flexibility index (Phi) is 11.5. The summed E-state index contributed by atoms with van der Waals surface area (Å²) in [4.78, 5) is 0. The van der Waals surface area contributed by atoms with Gasteiger partial charge in [0.25, 0.3) is 0 Å². The molecule has 2 aromatic carbocycles. The quantitative estimate of drug-likeness (QED) is 0.408. The first-order chi connectivity index (χ1) is 12.8. The topological polar surface area (TPSA) is 0 Å². The van der Waals surface area contributed by atoms with Gasteiger partial charge in [-0.3, -0.25) is 6.08 Å². The van der Waals surface area contributed by atoms with Crippen LogP contribution in [-0.4, -0.2) is 3.21 Å². The molecule has 4 rings (SSSR count). The number of allylic oxidation sites excluding steroid dienone is 8. The molecule has 0 nitrogen and oxygen atoms in total. The monoisotopic (exact) mass is 485 g/mol. The predicted octanol–water partition coefficient (Wildman–Crippen LogP) is 6.99. The second-order valence-corrected chi connectivity index (χ2v) is 7.49. The summed E-state index contributed by atoms with van der Waals surface area (Å²) in [5.41, 5.74) is 6.98. The zero-order valence-corrected chi connectivity index (χ0v) is 20.1. The van der Waals surface area contributed by atoms with E-state index < -0.39 is 0 Å². The van der Waals surface area contributed by atoms with E-state index in [1.165, 1.54) is 55.3 Å². The molecule has 0 radical (unpaired) electrons. The zero-order chi connectivity index (χ0) is 18.2. The van der Waals surface area contributed by atoms with Crippen LogP contribution in [0.3, 0.4) is 0 Å². The maximum absolute atomic E-state index is 3.39. The molecule has 2 aliphatic carbocycles. The maximum atomic E-state index is 3.39. The van der Waals surface area contributed by atoms with Crippen molar-refractivity contribution in [2.75, 3.05) is 0 Å². The molecule has 2 aromatic rings. The van der Waals surface area contributed by atoms with Gasteiger partial charge in [0, 0.05) is 0 Å². The van der Waals surface area contributed by atoms with Crippen LogP contribution in [0.2, 0.25) is 0 Å². The summed E-state index contributed by atoms with van der Waals surface area (Å²) in [6.45, 7) is 2.20. The number of benzene rings is 2. The summed E-state index contributed by atoms with van der Waals surface area (Å²) >= 11 is 1.46. The minimum absolute atomic E-state index is 0. The summed E-state index contributed by atoms with van der Waals surface area (Å²) in [6.07, 6.45) is 15.5. The molecule has 0 fully saturated rings. The van der Waals surface area contributed by atoms with E-state index in [9.17, 15) is 0 Å². The third-order valence-corrected chi connectivity index (χ3v) is 5.96. The van der Waals surface area contributed by atoms with Gasteiger partial charge in [-0.15, -0.1) is 36.8 Å². The van der Waals surface area contributed by atoms with Crippen LogP contribution < -0.4 is 0 Å². The minimum atomic E-state index is 0. The average Bonchev–Trinajstić information content (AvgIpc) is 3.40. The van der Waals surface area contributed by atoms with Crippen molar-refractivity contribution < 1.29 is 24.2 Å². The molecule has 0 N–H and O–H groups in total. The molecular weight excluding hydrogens is 462 g/mol. The summed E-state index contributed by atoms with van der Waals surface area (Å²) in [6, 6.07) is 21.1. The Bertz CT molecular complexity index is 834. The van der Waals surface area contributed by atoms with Crippen LogP contribution in [-0.2, 0) is 24.2 Å². The molecule has 2 aliphatic rings. The van der Waals surface area contributed by atoms with E-state index in [4.69, 9.17) is 0 Å². The molecule has 0 spiro atoms. The van der Waals surface area contributed by atoms with Crippen LogP contribution in [0.25, 0.3) is 0 Å². The number of hydrogen-bond donors (Lipinski definition) is 0. The van der Waals surface area contributed by atoms with Crippen molar-refractivity contribution in [2.24, 2.45) is 0 Å². The van der Waals surface area contributed by atoms with Crippen molar-refractivity contribution in [3.8, 4) is 0 Å². The van der Waals surface area contributed by atoms with E-state index >= 15 is 0 Å². The number of halogens is 2. The van der Waals surface area contributed by atoms with Gasteiger partial charge in [-0.1, -0.05) is 31.6 Å². The Balaban J connectivity index is 0.000000264. The summed E-state index contributed by atoms with van der Waals surface area (Å²) < 4.78 is 1.42. The van der Waals surface area contributed by atoms with Crippen molar-refractivity contribution in [2.45, 2.75) is 26.2 Å². The normalized spacial score (nSPS) is 13.8. The molecule has 0 atom stereocenters. The van der Waals surface area contributed by atoms with Gasteiger partial charge in [-0.05, 0) is 6.42 Å². The van der Waals surface area contributed by atoms with E-state index in [-0.39, 0.29) is 24.8 Å². The Labute approximate surface area is 196 Å². The van der Waals surface area contributed by atoms with Crippen molar-refractivity contribution >= 4 is 28.0 Å². The second kappa shape index (κ2) is 13.0. The first kappa shape index (κ1) is 24.8. The molecule has 0 amide bonds. The van der Waals surface area contributed by atoms with Gasteiger partial charge in [0.15, 0.2) is 0 Å². The van der Waals surface area contributed by atoms with Gasteiger partial charge < -0.3 is 0 Å². The van der Waals surface area contributed by atoms with E-state index in [1.807, 2.05) is 0 Å². The first-order valence-electron chi connectivity index (χ1n) is 9.15. The van der Waals surface area contributed by atoms with Crippen molar-refractivity contribution in [3.63, 3.8) is 0 Å². The van der Waals surface area contributed by atoms with Gasteiger partial charge in [0.1, 0.15) is 0 Å². The summed E-state index contributed by atoms with van der Waals surface area (Å²) in [7, 11) is 0. The van der Waals surface area contributed by atoms with E-state index in [1.54, 1.807) is 0 Å². The molecule has 0 unspecified atom stereocenters. The zero-order valence-electron chi connectivity index (χ0n) is 16.0. The molecule has 3 heteroatoms. The Morgan fingerprint density at radius 2 is 1.50 bits per heavy atom. The fourth-order valence-electron chi connectivity index (χ4n) is 3.16. The van der Waals surface area contributed by atoms with Gasteiger partial charge in [0.2, 0.25) is 0 Å². The fraction of sp³-hybridized carbons (Fsp3) is 0.160. The second-order valence-electron chi connectivity index (χ2n) is 6.26. The Hall–Kier alpha value is -1.27. The molecular formula is C25H25Cl2Zr-. The van der Waals surface area contributed by atoms with Gasteiger partial charge in [0.05, 0.1) is 0 Å². The summed E-state index contributed by atoms with van der Waals surface area (Å²) in [5, 5.41) is 0. The van der Waals surface area contributed by atoms with Crippen LogP contribution in [0, 0.1) is 6.08 Å². The van der Waals surface area contributed by atoms with Crippen molar-refractivity contribution in [3.05, 3.63) is 119 Å². The van der Waals surface area contributed by atoms with E-state index in [2.05, 4.69) is 98.0 Å². The molecule has 144 valence electrons. The standard InChI is InChI=1S/C13H10.C12H13.2ClH.Zr/c1-3-7-12(8-4-1)11-13-9-5-2-6-10-13;1-2-10-8-5-9-12(10)11-6-3-4-7-11;;;/h1-10H;3-4,6,9H,2,5,7H2,1H3;2*1H;/q;-1;;;. The van der Waals surface area contributed by atoms with Gasteiger partial charge >= 0.3 is 99.2 Å². The molecule has 0 aliphatic heterocycles. The third-order valence-electron chi connectivity index (χ3n) is 4.54. The number of hydrogen-bond acceptors (Lipinski definition) is 0. The molecule has 0 bridgehead atoms. The fourth-order valence-corrected chi connectivity index (χ4v) is 3.98.